The average molecular weight is 317 g/mol. The van der Waals surface area contributed by atoms with Gasteiger partial charge in [0.15, 0.2) is 0 Å². The highest BCUT2D eigenvalue weighted by molar-refractivity contribution is 9.08. The van der Waals surface area contributed by atoms with E-state index in [1.807, 2.05) is 38.1 Å². The number of hydrogen-bond donors (Lipinski definition) is 0. The lowest BCUT2D eigenvalue weighted by atomic mass is 10.1. The van der Waals surface area contributed by atoms with E-state index < -0.39 is 0 Å². The molecule has 0 fully saturated rings. The molecule has 0 saturated carbocycles. The SMILES string of the molecule is Cc1cc(C#N)cc(C)c1Oc1ccc(CBr)cn1. The zero-order valence-corrected chi connectivity index (χ0v) is 12.4. The Balaban J connectivity index is 2.30. The molecule has 1 aromatic carbocycles. The van der Waals surface area contributed by atoms with Gasteiger partial charge < -0.3 is 4.74 Å². The van der Waals surface area contributed by atoms with Crippen LogP contribution in [0.2, 0.25) is 0 Å². The molecule has 0 aliphatic carbocycles. The van der Waals surface area contributed by atoms with E-state index >= 15 is 0 Å². The lowest BCUT2D eigenvalue weighted by Gasteiger charge is -2.11. The first-order valence-electron chi connectivity index (χ1n) is 5.84. The summed E-state index contributed by atoms with van der Waals surface area (Å²) < 4.78 is 5.80. The highest BCUT2D eigenvalue weighted by atomic mass is 79.9. The molecule has 2 rings (SSSR count). The summed E-state index contributed by atoms with van der Waals surface area (Å²) in [6, 6.07) is 9.57. The molecular formula is C15H13BrN2O. The van der Waals surface area contributed by atoms with Crippen molar-refractivity contribution >= 4 is 15.9 Å². The second-order valence-corrected chi connectivity index (χ2v) is 4.85. The van der Waals surface area contributed by atoms with Gasteiger partial charge in [-0.2, -0.15) is 5.26 Å². The van der Waals surface area contributed by atoms with Crippen molar-refractivity contribution in [2.45, 2.75) is 19.2 Å². The number of aryl methyl sites for hydroxylation is 2. The second kappa shape index (κ2) is 5.85. The van der Waals surface area contributed by atoms with Crippen molar-refractivity contribution in [3.8, 4) is 17.7 Å². The first-order valence-corrected chi connectivity index (χ1v) is 6.96. The van der Waals surface area contributed by atoms with E-state index in [0.717, 1.165) is 27.8 Å². The molecule has 0 N–H and O–H groups in total. The monoisotopic (exact) mass is 316 g/mol. The van der Waals surface area contributed by atoms with Crippen molar-refractivity contribution in [1.29, 1.82) is 5.26 Å². The maximum Gasteiger partial charge on any atom is 0.219 e. The third kappa shape index (κ3) is 3.12. The Bertz CT molecular complexity index is 607. The van der Waals surface area contributed by atoms with Gasteiger partial charge in [0, 0.05) is 17.6 Å². The fraction of sp³-hybridized carbons (Fsp3) is 0.200. The smallest absolute Gasteiger partial charge is 0.219 e. The minimum absolute atomic E-state index is 0.556. The normalized spacial score (nSPS) is 10.0. The molecule has 19 heavy (non-hydrogen) atoms. The molecule has 0 saturated heterocycles. The van der Waals surface area contributed by atoms with E-state index in [-0.39, 0.29) is 0 Å². The Hall–Kier alpha value is -1.86. The van der Waals surface area contributed by atoms with Gasteiger partial charge in [0.05, 0.1) is 11.6 Å². The van der Waals surface area contributed by atoms with Gasteiger partial charge in [-0.25, -0.2) is 4.98 Å². The lowest BCUT2D eigenvalue weighted by molar-refractivity contribution is 0.455. The first kappa shape index (κ1) is 13.6. The Morgan fingerprint density at radius 2 is 1.95 bits per heavy atom. The lowest BCUT2D eigenvalue weighted by Crippen LogP contribution is -1.94. The standard InChI is InChI=1S/C15H13BrN2O/c1-10-5-13(8-17)6-11(2)15(10)19-14-4-3-12(7-16)9-18-14/h3-6,9H,7H2,1-2H3. The fourth-order valence-corrected chi connectivity index (χ4v) is 2.16. The van der Waals surface area contributed by atoms with Crippen molar-refractivity contribution in [3.63, 3.8) is 0 Å². The summed E-state index contributed by atoms with van der Waals surface area (Å²) in [5.41, 5.74) is 3.61. The van der Waals surface area contributed by atoms with Gasteiger partial charge in [0.25, 0.3) is 0 Å². The van der Waals surface area contributed by atoms with Crippen molar-refractivity contribution in [2.75, 3.05) is 0 Å². The van der Waals surface area contributed by atoms with E-state index in [2.05, 4.69) is 27.0 Å². The number of rotatable bonds is 3. The molecule has 0 radical (unpaired) electrons. The summed E-state index contributed by atoms with van der Waals surface area (Å²) in [7, 11) is 0. The van der Waals surface area contributed by atoms with Crippen LogP contribution in [0.3, 0.4) is 0 Å². The highest BCUT2D eigenvalue weighted by Crippen LogP contribution is 2.28. The van der Waals surface area contributed by atoms with Crippen LogP contribution in [0.5, 0.6) is 11.6 Å². The van der Waals surface area contributed by atoms with Crippen LogP contribution in [0.25, 0.3) is 0 Å². The number of alkyl halides is 1. The number of halogens is 1. The number of aromatic nitrogens is 1. The largest absolute Gasteiger partial charge is 0.438 e. The summed E-state index contributed by atoms with van der Waals surface area (Å²) in [5.74, 6) is 1.32. The van der Waals surface area contributed by atoms with Crippen LogP contribution >= 0.6 is 15.9 Å². The molecule has 2 aromatic rings. The zero-order chi connectivity index (χ0) is 13.8. The number of benzene rings is 1. The summed E-state index contributed by atoms with van der Waals surface area (Å²) in [4.78, 5) is 4.25. The van der Waals surface area contributed by atoms with Crippen LogP contribution in [0.1, 0.15) is 22.3 Å². The van der Waals surface area contributed by atoms with Gasteiger partial charge in [-0.15, -0.1) is 0 Å². The van der Waals surface area contributed by atoms with Crippen LogP contribution in [-0.4, -0.2) is 4.98 Å². The zero-order valence-electron chi connectivity index (χ0n) is 10.8. The Labute approximate surface area is 121 Å². The molecule has 3 nitrogen and oxygen atoms in total. The molecule has 0 unspecified atom stereocenters. The maximum atomic E-state index is 8.92. The predicted molar refractivity (Wildman–Crippen MR) is 77.6 cm³/mol. The first-order chi connectivity index (χ1) is 9.13. The molecule has 4 heteroatoms. The number of pyridine rings is 1. The van der Waals surface area contributed by atoms with Crippen molar-refractivity contribution < 1.29 is 4.74 Å². The third-order valence-corrected chi connectivity index (χ3v) is 3.40. The third-order valence-electron chi connectivity index (χ3n) is 2.75. The summed E-state index contributed by atoms with van der Waals surface area (Å²) >= 11 is 3.38. The number of nitriles is 1. The minimum Gasteiger partial charge on any atom is -0.438 e. The molecule has 0 atom stereocenters. The molecule has 0 aliphatic heterocycles. The van der Waals surface area contributed by atoms with Gasteiger partial charge in [-0.1, -0.05) is 22.0 Å². The molecule has 0 amide bonds. The van der Waals surface area contributed by atoms with Gasteiger partial charge in [0.1, 0.15) is 5.75 Å². The van der Waals surface area contributed by atoms with E-state index in [1.165, 1.54) is 0 Å². The summed E-state index contributed by atoms with van der Waals surface area (Å²) in [6.07, 6.45) is 1.78. The van der Waals surface area contributed by atoms with Gasteiger partial charge in [0.2, 0.25) is 5.88 Å². The minimum atomic E-state index is 0.556. The fourth-order valence-electron chi connectivity index (χ4n) is 1.83. The number of nitrogens with zero attached hydrogens (tertiary/aromatic N) is 2. The molecule has 0 bridgehead atoms. The van der Waals surface area contributed by atoms with Gasteiger partial charge in [-0.05, 0) is 42.7 Å². The number of ether oxygens (including phenoxy) is 1. The molecular weight excluding hydrogens is 304 g/mol. The van der Waals surface area contributed by atoms with Crippen LogP contribution in [-0.2, 0) is 5.33 Å². The molecule has 96 valence electrons. The maximum absolute atomic E-state index is 8.92. The Morgan fingerprint density at radius 1 is 1.26 bits per heavy atom. The van der Waals surface area contributed by atoms with Crippen LogP contribution in [0, 0.1) is 25.2 Å². The van der Waals surface area contributed by atoms with Crippen LogP contribution < -0.4 is 4.74 Å². The van der Waals surface area contributed by atoms with Gasteiger partial charge in [-0.3, -0.25) is 0 Å². The Morgan fingerprint density at radius 3 is 2.42 bits per heavy atom. The van der Waals surface area contributed by atoms with E-state index in [1.54, 1.807) is 6.20 Å². The van der Waals surface area contributed by atoms with Crippen LogP contribution in [0.4, 0.5) is 0 Å². The van der Waals surface area contributed by atoms with E-state index in [9.17, 15) is 0 Å². The topological polar surface area (TPSA) is 45.9 Å². The quantitative estimate of drug-likeness (QED) is 0.795. The van der Waals surface area contributed by atoms with E-state index in [4.69, 9.17) is 10.00 Å². The predicted octanol–water partition coefficient (Wildman–Crippen LogP) is 4.26. The summed E-state index contributed by atoms with van der Waals surface area (Å²) in [6.45, 7) is 3.85. The molecule has 0 aliphatic rings. The second-order valence-electron chi connectivity index (χ2n) is 4.29. The number of hydrogen-bond acceptors (Lipinski definition) is 3. The highest BCUT2D eigenvalue weighted by Gasteiger charge is 2.08. The average Bonchev–Trinajstić information content (AvgIpc) is 2.43. The van der Waals surface area contributed by atoms with Crippen LogP contribution in [0.15, 0.2) is 30.5 Å². The molecule has 0 spiro atoms. The van der Waals surface area contributed by atoms with Crippen molar-refractivity contribution in [3.05, 3.63) is 52.7 Å². The molecule has 1 aromatic heterocycles. The summed E-state index contributed by atoms with van der Waals surface area (Å²) in [5, 5.41) is 9.69. The Kier molecular flexibility index (Phi) is 4.18. The van der Waals surface area contributed by atoms with E-state index in [0.29, 0.717) is 11.4 Å². The van der Waals surface area contributed by atoms with Gasteiger partial charge >= 0.3 is 0 Å². The molecule has 1 heterocycles. The van der Waals surface area contributed by atoms with Crippen molar-refractivity contribution in [1.82, 2.24) is 4.98 Å². The van der Waals surface area contributed by atoms with Crippen molar-refractivity contribution in [2.24, 2.45) is 0 Å².